The Bertz CT molecular complexity index is 1130. The molecule has 0 radical (unpaired) electrons. The lowest BCUT2D eigenvalue weighted by Crippen LogP contribution is -2.32. The van der Waals surface area contributed by atoms with E-state index in [4.69, 9.17) is 20.8 Å². The number of methoxy groups -OCH3 is 1. The molecule has 5 nitrogen and oxygen atoms in total. The van der Waals surface area contributed by atoms with Gasteiger partial charge in [-0.25, -0.2) is 0 Å². The van der Waals surface area contributed by atoms with Crippen molar-refractivity contribution < 1.29 is 13.9 Å². The summed E-state index contributed by atoms with van der Waals surface area (Å²) in [6.07, 6.45) is 0. The first-order valence-corrected chi connectivity index (χ1v) is 9.43. The maximum Gasteiger partial charge on any atom is 0.290 e. The molecule has 144 valence electrons. The number of aryl methyl sites for hydroxylation is 2. The van der Waals surface area contributed by atoms with Crippen LogP contribution in [-0.4, -0.2) is 31.1 Å². The van der Waals surface area contributed by atoms with Crippen molar-refractivity contribution in [2.24, 2.45) is 0 Å². The first kappa shape index (κ1) is 18.7. The minimum atomic E-state index is -0.530. The number of hydrogen-bond donors (Lipinski definition) is 0. The number of fused-ring (bicyclic) bond motifs is 2. The molecular formula is C22H20ClNO4. The first-order valence-electron chi connectivity index (χ1n) is 9.05. The largest absolute Gasteiger partial charge is 0.450 e. The highest BCUT2D eigenvalue weighted by atomic mass is 35.5. The van der Waals surface area contributed by atoms with E-state index in [0.29, 0.717) is 34.7 Å². The normalized spacial score (nSPS) is 16.1. The smallest absolute Gasteiger partial charge is 0.290 e. The maximum atomic E-state index is 13.4. The molecule has 4 rings (SSSR count). The molecule has 1 amide bonds. The highest BCUT2D eigenvalue weighted by molar-refractivity contribution is 6.30. The summed E-state index contributed by atoms with van der Waals surface area (Å²) < 4.78 is 11.1. The first-order chi connectivity index (χ1) is 13.4. The Morgan fingerprint density at radius 2 is 1.79 bits per heavy atom. The predicted octanol–water partition coefficient (Wildman–Crippen LogP) is 4.25. The van der Waals surface area contributed by atoms with Gasteiger partial charge in [-0.2, -0.15) is 0 Å². The fourth-order valence-corrected chi connectivity index (χ4v) is 3.81. The Hall–Kier alpha value is -2.63. The van der Waals surface area contributed by atoms with E-state index < -0.39 is 6.04 Å². The van der Waals surface area contributed by atoms with E-state index in [9.17, 15) is 9.59 Å². The van der Waals surface area contributed by atoms with E-state index in [-0.39, 0.29) is 17.1 Å². The lowest BCUT2D eigenvalue weighted by atomic mass is 9.97. The monoisotopic (exact) mass is 397 g/mol. The third-order valence-corrected chi connectivity index (χ3v) is 5.56. The SMILES string of the molecule is COCCN1C(=O)c2oc3cc(C)c(C)cc3c(=O)c2[C@H]1c1ccc(Cl)cc1. The maximum absolute atomic E-state index is 13.4. The second kappa shape index (κ2) is 7.08. The minimum absolute atomic E-state index is 0.108. The third kappa shape index (κ3) is 2.91. The van der Waals surface area contributed by atoms with E-state index in [0.717, 1.165) is 16.7 Å². The highest BCUT2D eigenvalue weighted by Crippen LogP contribution is 2.38. The minimum Gasteiger partial charge on any atom is -0.450 e. The fourth-order valence-electron chi connectivity index (χ4n) is 3.69. The molecule has 0 bridgehead atoms. The van der Waals surface area contributed by atoms with Gasteiger partial charge >= 0.3 is 0 Å². The highest BCUT2D eigenvalue weighted by Gasteiger charge is 2.42. The summed E-state index contributed by atoms with van der Waals surface area (Å²) in [4.78, 5) is 28.1. The molecule has 2 aromatic carbocycles. The van der Waals surface area contributed by atoms with Crippen LogP contribution in [0.15, 0.2) is 45.6 Å². The fraction of sp³-hybridized carbons (Fsp3) is 0.273. The molecule has 0 fully saturated rings. The number of rotatable bonds is 4. The van der Waals surface area contributed by atoms with Crippen LogP contribution in [0.2, 0.25) is 5.02 Å². The predicted molar refractivity (Wildman–Crippen MR) is 108 cm³/mol. The Kier molecular flexibility index (Phi) is 4.73. The number of carbonyl (C=O) groups is 1. The van der Waals surface area contributed by atoms with Crippen LogP contribution in [0.25, 0.3) is 11.0 Å². The summed E-state index contributed by atoms with van der Waals surface area (Å²) in [5, 5.41) is 1.08. The molecule has 1 aliphatic rings. The molecule has 0 N–H and O–H groups in total. The van der Waals surface area contributed by atoms with Crippen molar-refractivity contribution in [3.05, 3.63) is 79.7 Å². The van der Waals surface area contributed by atoms with Crippen molar-refractivity contribution in [3.8, 4) is 0 Å². The molecule has 0 saturated carbocycles. The average Bonchev–Trinajstić information content (AvgIpc) is 2.95. The number of halogens is 1. The second-order valence-electron chi connectivity index (χ2n) is 7.05. The van der Waals surface area contributed by atoms with Crippen LogP contribution in [-0.2, 0) is 4.74 Å². The van der Waals surface area contributed by atoms with Crippen molar-refractivity contribution in [1.29, 1.82) is 0 Å². The van der Waals surface area contributed by atoms with Gasteiger partial charge < -0.3 is 14.1 Å². The van der Waals surface area contributed by atoms with Gasteiger partial charge in [0, 0.05) is 18.7 Å². The summed E-state index contributed by atoms with van der Waals surface area (Å²) in [5.41, 5.74) is 3.45. The van der Waals surface area contributed by atoms with E-state index >= 15 is 0 Å². The lowest BCUT2D eigenvalue weighted by Gasteiger charge is -2.24. The lowest BCUT2D eigenvalue weighted by molar-refractivity contribution is 0.0663. The quantitative estimate of drug-likeness (QED) is 0.660. The molecule has 0 saturated heterocycles. The van der Waals surface area contributed by atoms with Crippen molar-refractivity contribution >= 4 is 28.5 Å². The summed E-state index contributed by atoms with van der Waals surface area (Å²) in [7, 11) is 1.58. The molecule has 3 aromatic rings. The van der Waals surface area contributed by atoms with Gasteiger partial charge in [0.25, 0.3) is 5.91 Å². The van der Waals surface area contributed by atoms with Gasteiger partial charge in [-0.1, -0.05) is 23.7 Å². The van der Waals surface area contributed by atoms with Crippen molar-refractivity contribution in [2.75, 3.05) is 20.3 Å². The topological polar surface area (TPSA) is 59.8 Å². The van der Waals surface area contributed by atoms with Gasteiger partial charge in [0.05, 0.1) is 23.6 Å². The van der Waals surface area contributed by atoms with Gasteiger partial charge in [-0.3, -0.25) is 9.59 Å². The van der Waals surface area contributed by atoms with Gasteiger partial charge in [-0.05, 0) is 54.8 Å². The molecule has 6 heteroatoms. The van der Waals surface area contributed by atoms with E-state index in [1.165, 1.54) is 0 Å². The zero-order valence-corrected chi connectivity index (χ0v) is 16.7. The van der Waals surface area contributed by atoms with Gasteiger partial charge in [0.2, 0.25) is 5.76 Å². The molecule has 1 atom stereocenters. The Morgan fingerprint density at radius 3 is 2.46 bits per heavy atom. The molecule has 1 aliphatic heterocycles. The number of carbonyl (C=O) groups excluding carboxylic acids is 1. The Morgan fingerprint density at radius 1 is 1.11 bits per heavy atom. The number of benzene rings is 2. The van der Waals surface area contributed by atoms with E-state index in [1.807, 2.05) is 38.1 Å². The Balaban J connectivity index is 1.98. The van der Waals surface area contributed by atoms with Gasteiger partial charge in [-0.15, -0.1) is 0 Å². The van der Waals surface area contributed by atoms with E-state index in [2.05, 4.69) is 0 Å². The summed E-state index contributed by atoms with van der Waals surface area (Å²) in [5.74, 6) is -0.193. The molecule has 1 aromatic heterocycles. The zero-order chi connectivity index (χ0) is 20.0. The summed E-state index contributed by atoms with van der Waals surface area (Å²) in [6.45, 7) is 4.61. The van der Waals surface area contributed by atoms with Crippen LogP contribution in [0.5, 0.6) is 0 Å². The standard InChI is InChI=1S/C22H20ClNO4/c1-12-10-16-17(11-13(12)2)28-21-18(20(16)25)19(14-4-6-15(23)7-5-14)24(22(21)26)8-9-27-3/h4-7,10-11,19H,8-9H2,1-3H3/t19-/m1/s1. The molecule has 0 aliphatic carbocycles. The summed E-state index contributed by atoms with van der Waals surface area (Å²) >= 11 is 6.03. The number of amides is 1. The second-order valence-corrected chi connectivity index (χ2v) is 7.49. The van der Waals surface area contributed by atoms with Crippen LogP contribution in [0.1, 0.15) is 38.9 Å². The van der Waals surface area contributed by atoms with Crippen LogP contribution in [0, 0.1) is 13.8 Å². The van der Waals surface area contributed by atoms with Crippen molar-refractivity contribution in [1.82, 2.24) is 4.90 Å². The van der Waals surface area contributed by atoms with Crippen LogP contribution >= 0.6 is 11.6 Å². The van der Waals surface area contributed by atoms with Crippen molar-refractivity contribution in [3.63, 3.8) is 0 Å². The molecule has 2 heterocycles. The van der Waals surface area contributed by atoms with Crippen LogP contribution < -0.4 is 5.43 Å². The van der Waals surface area contributed by atoms with Crippen molar-refractivity contribution in [2.45, 2.75) is 19.9 Å². The number of nitrogens with zero attached hydrogens (tertiary/aromatic N) is 1. The molecule has 0 spiro atoms. The Labute approximate surface area is 167 Å². The molecule has 28 heavy (non-hydrogen) atoms. The molecule has 0 unspecified atom stereocenters. The zero-order valence-electron chi connectivity index (χ0n) is 15.9. The van der Waals surface area contributed by atoms with Crippen LogP contribution in [0.4, 0.5) is 0 Å². The van der Waals surface area contributed by atoms with Gasteiger partial charge in [0.15, 0.2) is 5.43 Å². The number of hydrogen-bond acceptors (Lipinski definition) is 4. The average molecular weight is 398 g/mol. The van der Waals surface area contributed by atoms with Crippen LogP contribution in [0.3, 0.4) is 0 Å². The molecular weight excluding hydrogens is 378 g/mol. The third-order valence-electron chi connectivity index (χ3n) is 5.30. The number of ether oxygens (including phenoxy) is 1. The van der Waals surface area contributed by atoms with E-state index in [1.54, 1.807) is 24.1 Å². The van der Waals surface area contributed by atoms with Gasteiger partial charge in [0.1, 0.15) is 5.58 Å². The summed E-state index contributed by atoms with van der Waals surface area (Å²) in [6, 6.07) is 10.3.